The van der Waals surface area contributed by atoms with Crippen molar-refractivity contribution in [2.24, 2.45) is 5.73 Å². The zero-order chi connectivity index (χ0) is 14.7. The quantitative estimate of drug-likeness (QED) is 0.641. The first kappa shape index (κ1) is 16.8. The Bertz CT molecular complexity index is 411. The van der Waals surface area contributed by atoms with Gasteiger partial charge in [0.25, 0.3) is 0 Å². The number of Topliss-reactive ketones (excluding diaryl/α,β-unsaturated/α-hetero) is 1. The summed E-state index contributed by atoms with van der Waals surface area (Å²) in [6.07, 6.45) is 0.793. The van der Waals surface area contributed by atoms with Crippen LogP contribution >= 0.6 is 0 Å². The SMILES string of the molecule is CC(N)=O.CCOC(=O)C(=O)CCc1ccccc1. The smallest absolute Gasteiger partial charge is 0.374 e. The molecule has 0 aromatic heterocycles. The second-order valence-corrected chi connectivity index (χ2v) is 3.74. The third-order valence-electron chi connectivity index (χ3n) is 1.99. The zero-order valence-electron chi connectivity index (χ0n) is 11.2. The van der Waals surface area contributed by atoms with E-state index < -0.39 is 11.8 Å². The van der Waals surface area contributed by atoms with Crippen LogP contribution in [0, 0.1) is 0 Å². The van der Waals surface area contributed by atoms with Gasteiger partial charge in [-0.15, -0.1) is 0 Å². The maximum absolute atomic E-state index is 11.2. The van der Waals surface area contributed by atoms with Crippen molar-refractivity contribution >= 4 is 17.7 Å². The van der Waals surface area contributed by atoms with Gasteiger partial charge in [-0.25, -0.2) is 4.79 Å². The summed E-state index contributed by atoms with van der Waals surface area (Å²) >= 11 is 0. The minimum Gasteiger partial charge on any atom is -0.460 e. The van der Waals surface area contributed by atoms with Gasteiger partial charge in [-0.2, -0.15) is 0 Å². The highest BCUT2D eigenvalue weighted by atomic mass is 16.5. The fourth-order valence-corrected chi connectivity index (χ4v) is 1.22. The largest absolute Gasteiger partial charge is 0.460 e. The van der Waals surface area contributed by atoms with E-state index in [4.69, 9.17) is 0 Å². The Balaban J connectivity index is 0.000000711. The monoisotopic (exact) mass is 265 g/mol. The summed E-state index contributed by atoms with van der Waals surface area (Å²) in [7, 11) is 0. The summed E-state index contributed by atoms with van der Waals surface area (Å²) in [4.78, 5) is 31.4. The van der Waals surface area contributed by atoms with Gasteiger partial charge in [-0.1, -0.05) is 30.3 Å². The number of hydrogen-bond acceptors (Lipinski definition) is 4. The summed E-state index contributed by atoms with van der Waals surface area (Å²) in [6.45, 7) is 3.23. The average molecular weight is 265 g/mol. The van der Waals surface area contributed by atoms with Gasteiger partial charge in [-0.3, -0.25) is 9.59 Å². The molecule has 0 saturated heterocycles. The summed E-state index contributed by atoms with van der Waals surface area (Å²) in [6, 6.07) is 9.59. The lowest BCUT2D eigenvalue weighted by Crippen LogP contribution is -2.17. The number of amides is 1. The molecule has 0 aliphatic rings. The van der Waals surface area contributed by atoms with Crippen molar-refractivity contribution in [3.8, 4) is 0 Å². The number of ether oxygens (including phenoxy) is 1. The molecule has 19 heavy (non-hydrogen) atoms. The highest BCUT2D eigenvalue weighted by Gasteiger charge is 2.13. The lowest BCUT2D eigenvalue weighted by Gasteiger charge is -2.01. The molecule has 0 bridgehead atoms. The number of nitrogens with two attached hydrogens (primary N) is 1. The van der Waals surface area contributed by atoms with Gasteiger partial charge in [0.1, 0.15) is 0 Å². The number of hydrogen-bond donors (Lipinski definition) is 1. The van der Waals surface area contributed by atoms with E-state index in [-0.39, 0.29) is 18.9 Å². The molecule has 5 nitrogen and oxygen atoms in total. The minimum atomic E-state index is -0.728. The second kappa shape index (κ2) is 9.82. The molecule has 2 N–H and O–H groups in total. The first-order valence-corrected chi connectivity index (χ1v) is 5.97. The molecule has 0 heterocycles. The Labute approximate surface area is 112 Å². The Morgan fingerprint density at radius 2 is 1.68 bits per heavy atom. The predicted octanol–water partition coefficient (Wildman–Crippen LogP) is 1.24. The van der Waals surface area contributed by atoms with Gasteiger partial charge in [0.05, 0.1) is 6.61 Å². The van der Waals surface area contributed by atoms with Crippen molar-refractivity contribution in [3.63, 3.8) is 0 Å². The van der Waals surface area contributed by atoms with E-state index in [1.54, 1.807) is 6.92 Å². The van der Waals surface area contributed by atoms with E-state index in [0.29, 0.717) is 6.42 Å². The highest BCUT2D eigenvalue weighted by Crippen LogP contribution is 2.03. The Morgan fingerprint density at radius 1 is 1.16 bits per heavy atom. The molecule has 1 aromatic carbocycles. The molecule has 0 aliphatic heterocycles. The van der Waals surface area contributed by atoms with Gasteiger partial charge >= 0.3 is 5.97 Å². The predicted molar refractivity (Wildman–Crippen MR) is 71.3 cm³/mol. The van der Waals surface area contributed by atoms with E-state index in [2.05, 4.69) is 10.5 Å². The number of carbonyl (C=O) groups is 3. The van der Waals surface area contributed by atoms with E-state index in [1.807, 2.05) is 30.3 Å². The number of esters is 1. The molecular weight excluding hydrogens is 246 g/mol. The third-order valence-corrected chi connectivity index (χ3v) is 1.99. The number of carbonyl (C=O) groups excluding carboxylic acids is 3. The first-order valence-electron chi connectivity index (χ1n) is 5.97. The van der Waals surface area contributed by atoms with Crippen LogP contribution in [-0.2, 0) is 25.5 Å². The molecule has 1 aromatic rings. The van der Waals surface area contributed by atoms with Crippen molar-refractivity contribution < 1.29 is 19.1 Å². The van der Waals surface area contributed by atoms with E-state index >= 15 is 0 Å². The first-order chi connectivity index (χ1) is 8.97. The topological polar surface area (TPSA) is 86.5 Å². The fraction of sp³-hybridized carbons (Fsp3) is 0.357. The van der Waals surface area contributed by atoms with Gasteiger partial charge in [0, 0.05) is 13.3 Å². The summed E-state index contributed by atoms with van der Waals surface area (Å²) in [5.74, 6) is -1.52. The molecule has 1 amide bonds. The van der Waals surface area contributed by atoms with E-state index in [9.17, 15) is 14.4 Å². The highest BCUT2D eigenvalue weighted by molar-refractivity contribution is 6.33. The van der Waals surface area contributed by atoms with Crippen LogP contribution in [0.2, 0.25) is 0 Å². The molecule has 0 fully saturated rings. The van der Waals surface area contributed by atoms with Gasteiger partial charge < -0.3 is 10.5 Å². The van der Waals surface area contributed by atoms with Crippen molar-refractivity contribution in [2.45, 2.75) is 26.7 Å². The Kier molecular flexibility index (Phi) is 8.70. The minimum absolute atomic E-state index is 0.211. The second-order valence-electron chi connectivity index (χ2n) is 3.74. The lowest BCUT2D eigenvalue weighted by molar-refractivity contribution is -0.153. The van der Waals surface area contributed by atoms with Crippen molar-refractivity contribution in [3.05, 3.63) is 35.9 Å². The number of benzene rings is 1. The van der Waals surface area contributed by atoms with Crippen LogP contribution < -0.4 is 5.73 Å². The van der Waals surface area contributed by atoms with Gasteiger partial charge in [0.2, 0.25) is 11.7 Å². The fourth-order valence-electron chi connectivity index (χ4n) is 1.22. The van der Waals surface area contributed by atoms with Crippen molar-refractivity contribution in [1.29, 1.82) is 0 Å². The molecule has 0 radical (unpaired) electrons. The van der Waals surface area contributed by atoms with Crippen molar-refractivity contribution in [2.75, 3.05) is 6.61 Å². The van der Waals surface area contributed by atoms with Crippen LogP contribution in [0.1, 0.15) is 25.8 Å². The summed E-state index contributed by atoms with van der Waals surface area (Å²) in [5, 5.41) is 0. The van der Waals surface area contributed by atoms with Gasteiger partial charge in [-0.05, 0) is 18.9 Å². The van der Waals surface area contributed by atoms with Crippen LogP contribution in [-0.4, -0.2) is 24.3 Å². The molecule has 0 atom stereocenters. The molecule has 0 saturated carbocycles. The Hall–Kier alpha value is -2.17. The molecule has 0 unspecified atom stereocenters. The number of aryl methyl sites for hydroxylation is 1. The van der Waals surface area contributed by atoms with Crippen LogP contribution in [0.25, 0.3) is 0 Å². The zero-order valence-corrected chi connectivity index (χ0v) is 11.2. The molecule has 0 spiro atoms. The normalized spacial score (nSPS) is 8.95. The molecule has 5 heteroatoms. The molecule has 104 valence electrons. The van der Waals surface area contributed by atoms with Gasteiger partial charge in [0.15, 0.2) is 0 Å². The maximum Gasteiger partial charge on any atom is 0.374 e. The van der Waals surface area contributed by atoms with E-state index in [0.717, 1.165) is 5.56 Å². The van der Waals surface area contributed by atoms with Crippen LogP contribution in [0.15, 0.2) is 30.3 Å². The Morgan fingerprint density at radius 3 is 2.16 bits per heavy atom. The van der Waals surface area contributed by atoms with Crippen LogP contribution in [0.4, 0.5) is 0 Å². The van der Waals surface area contributed by atoms with E-state index in [1.165, 1.54) is 6.92 Å². The average Bonchev–Trinajstić information content (AvgIpc) is 2.37. The number of ketones is 1. The van der Waals surface area contributed by atoms with Crippen LogP contribution in [0.3, 0.4) is 0 Å². The van der Waals surface area contributed by atoms with Crippen LogP contribution in [0.5, 0.6) is 0 Å². The lowest BCUT2D eigenvalue weighted by atomic mass is 10.1. The number of rotatable bonds is 5. The molecular formula is C14H19NO4. The number of primary amides is 1. The standard InChI is InChI=1S/C12H14O3.C2H5NO/c1-2-15-12(14)11(13)9-8-10-6-4-3-5-7-10;1-2(3)4/h3-7H,2,8-9H2,1H3;1H3,(H2,3,4). The third kappa shape index (κ3) is 9.52. The summed E-state index contributed by atoms with van der Waals surface area (Å²) < 4.78 is 4.60. The molecule has 0 aliphatic carbocycles. The summed E-state index contributed by atoms with van der Waals surface area (Å²) in [5.41, 5.74) is 5.52. The van der Waals surface area contributed by atoms with Crippen molar-refractivity contribution in [1.82, 2.24) is 0 Å². The molecule has 1 rings (SSSR count). The maximum atomic E-state index is 11.2.